The van der Waals surface area contributed by atoms with Crippen LogP contribution >= 0.6 is 0 Å². The second kappa shape index (κ2) is 4.59. The molecule has 0 heterocycles. The average Bonchev–Trinajstić information content (AvgIpc) is 2.16. The van der Waals surface area contributed by atoms with Crippen molar-refractivity contribution in [3.8, 4) is 11.8 Å². The molecule has 0 spiro atoms. The van der Waals surface area contributed by atoms with Gasteiger partial charge in [-0.15, -0.1) is 0 Å². The van der Waals surface area contributed by atoms with Gasteiger partial charge < -0.3 is 10.8 Å². The summed E-state index contributed by atoms with van der Waals surface area (Å²) in [6.07, 6.45) is 3.26. The summed E-state index contributed by atoms with van der Waals surface area (Å²) in [4.78, 5) is 0. The summed E-state index contributed by atoms with van der Waals surface area (Å²) in [5, 5.41) is 9.13. The van der Waals surface area contributed by atoms with Crippen LogP contribution < -0.4 is 5.73 Å². The summed E-state index contributed by atoms with van der Waals surface area (Å²) in [6, 6.07) is 6.07. The molecule has 2 nitrogen and oxygen atoms in total. The van der Waals surface area contributed by atoms with Gasteiger partial charge in [-0.3, -0.25) is 0 Å². The number of benzene rings is 1. The van der Waals surface area contributed by atoms with Gasteiger partial charge in [0.2, 0.25) is 0 Å². The van der Waals surface area contributed by atoms with Crippen LogP contribution in [0.25, 0.3) is 0 Å². The Bertz CT molecular complexity index is 436. The number of anilines is 1. The fourth-order valence-electron chi connectivity index (χ4n) is 1.86. The van der Waals surface area contributed by atoms with Gasteiger partial charge in [0.25, 0.3) is 0 Å². The fourth-order valence-corrected chi connectivity index (χ4v) is 1.86. The summed E-state index contributed by atoms with van der Waals surface area (Å²) >= 11 is 0. The Morgan fingerprint density at radius 1 is 1.44 bits per heavy atom. The Hall–Kier alpha value is -1.46. The zero-order valence-electron chi connectivity index (χ0n) is 9.53. The van der Waals surface area contributed by atoms with Crippen LogP contribution in [0, 0.1) is 11.8 Å². The maximum absolute atomic E-state index is 9.13. The summed E-state index contributed by atoms with van der Waals surface area (Å²) < 4.78 is 0. The van der Waals surface area contributed by atoms with E-state index in [1.165, 1.54) is 24.8 Å². The topological polar surface area (TPSA) is 46.2 Å². The molecule has 0 saturated heterocycles. The number of hydrogen-bond donors (Lipinski definition) is 2. The number of nitrogen functional groups attached to an aromatic ring is 1. The predicted molar refractivity (Wildman–Crippen MR) is 66.0 cm³/mol. The predicted octanol–water partition coefficient (Wildman–Crippen LogP) is 2.27. The van der Waals surface area contributed by atoms with Crippen LogP contribution in [0.5, 0.6) is 0 Å². The highest BCUT2D eigenvalue weighted by atomic mass is 16.3. The first kappa shape index (κ1) is 11.0. The van der Waals surface area contributed by atoms with Gasteiger partial charge in [0.05, 0.1) is 0 Å². The molecule has 1 aliphatic carbocycles. The fraction of sp³-hybridized carbons (Fsp3) is 0.429. The Morgan fingerprint density at radius 2 is 2.19 bits per heavy atom. The molecule has 0 aliphatic heterocycles. The molecule has 0 aromatic heterocycles. The maximum atomic E-state index is 9.13. The minimum Gasteiger partial charge on any atom is -0.398 e. The van der Waals surface area contributed by atoms with Gasteiger partial charge in [0.1, 0.15) is 6.10 Å². The molecule has 0 amide bonds. The zero-order chi connectivity index (χ0) is 11.5. The van der Waals surface area contributed by atoms with E-state index >= 15 is 0 Å². The monoisotopic (exact) mass is 215 g/mol. The van der Waals surface area contributed by atoms with Gasteiger partial charge in [-0.2, -0.15) is 0 Å². The first-order chi connectivity index (χ1) is 7.66. The van der Waals surface area contributed by atoms with Gasteiger partial charge in [0.15, 0.2) is 0 Å². The Morgan fingerprint density at radius 3 is 2.75 bits per heavy atom. The highest BCUT2D eigenvalue weighted by Crippen LogP contribution is 2.37. The van der Waals surface area contributed by atoms with Crippen LogP contribution in [0.2, 0.25) is 0 Å². The van der Waals surface area contributed by atoms with E-state index in [-0.39, 0.29) is 0 Å². The molecule has 84 valence electrons. The molecule has 2 rings (SSSR count). The minimum absolute atomic E-state index is 0.605. The van der Waals surface area contributed by atoms with E-state index in [0.29, 0.717) is 11.6 Å². The molecule has 0 unspecified atom stereocenters. The molecule has 0 radical (unpaired) electrons. The Balaban J connectivity index is 2.26. The highest BCUT2D eigenvalue weighted by molar-refractivity contribution is 5.57. The zero-order valence-corrected chi connectivity index (χ0v) is 9.53. The van der Waals surface area contributed by atoms with Crippen LogP contribution in [0.3, 0.4) is 0 Å². The van der Waals surface area contributed by atoms with E-state index in [0.717, 1.165) is 5.56 Å². The van der Waals surface area contributed by atoms with E-state index < -0.39 is 6.10 Å². The number of nitrogens with two attached hydrogens (primary N) is 1. The molecule has 1 aliphatic rings. The van der Waals surface area contributed by atoms with Crippen molar-refractivity contribution in [2.24, 2.45) is 0 Å². The summed E-state index contributed by atoms with van der Waals surface area (Å²) in [6.45, 7) is 1.65. The van der Waals surface area contributed by atoms with E-state index in [9.17, 15) is 0 Å². The molecule has 1 atom stereocenters. The van der Waals surface area contributed by atoms with Crippen molar-refractivity contribution in [3.63, 3.8) is 0 Å². The standard InChI is InChI=1S/C14H17NO/c1-10(16)5-6-13-9-12(7-8-14(13)15)11-3-2-4-11/h7-11,16H,2-4,15H2,1H3/t10-/m0/s1. The van der Waals surface area contributed by atoms with Crippen LogP contribution in [0.1, 0.15) is 43.2 Å². The molecule has 2 heteroatoms. The Kier molecular flexibility index (Phi) is 3.17. The quantitative estimate of drug-likeness (QED) is 0.557. The van der Waals surface area contributed by atoms with Gasteiger partial charge >= 0.3 is 0 Å². The third-order valence-corrected chi connectivity index (χ3v) is 3.07. The second-order valence-corrected chi connectivity index (χ2v) is 4.42. The smallest absolute Gasteiger partial charge is 0.112 e. The van der Waals surface area contributed by atoms with Gasteiger partial charge in [-0.05, 0) is 43.4 Å². The third-order valence-electron chi connectivity index (χ3n) is 3.07. The van der Waals surface area contributed by atoms with E-state index in [4.69, 9.17) is 10.8 Å². The van der Waals surface area contributed by atoms with Crippen LogP contribution in [0.15, 0.2) is 18.2 Å². The van der Waals surface area contributed by atoms with Crippen LogP contribution in [-0.2, 0) is 0 Å². The molecular formula is C14H17NO. The maximum Gasteiger partial charge on any atom is 0.112 e. The summed E-state index contributed by atoms with van der Waals surface area (Å²) in [5.41, 5.74) is 8.71. The van der Waals surface area contributed by atoms with Crippen molar-refractivity contribution in [2.75, 3.05) is 5.73 Å². The molecule has 16 heavy (non-hydrogen) atoms. The number of hydrogen-bond acceptors (Lipinski definition) is 2. The molecule has 1 aromatic carbocycles. The second-order valence-electron chi connectivity index (χ2n) is 4.42. The first-order valence-corrected chi connectivity index (χ1v) is 5.76. The van der Waals surface area contributed by atoms with Crippen molar-refractivity contribution in [2.45, 2.75) is 38.2 Å². The van der Waals surface area contributed by atoms with Crippen molar-refractivity contribution < 1.29 is 5.11 Å². The summed E-state index contributed by atoms with van der Waals surface area (Å²) in [7, 11) is 0. The number of aliphatic hydroxyl groups is 1. The molecule has 1 saturated carbocycles. The van der Waals surface area contributed by atoms with Crippen molar-refractivity contribution in [3.05, 3.63) is 29.3 Å². The van der Waals surface area contributed by atoms with Crippen molar-refractivity contribution in [1.82, 2.24) is 0 Å². The van der Waals surface area contributed by atoms with Gasteiger partial charge in [0, 0.05) is 11.3 Å². The lowest BCUT2D eigenvalue weighted by atomic mass is 9.79. The van der Waals surface area contributed by atoms with Crippen molar-refractivity contribution in [1.29, 1.82) is 0 Å². The lowest BCUT2D eigenvalue weighted by Crippen LogP contribution is -2.09. The average molecular weight is 215 g/mol. The molecule has 0 bridgehead atoms. The van der Waals surface area contributed by atoms with E-state index in [1.807, 2.05) is 6.07 Å². The third kappa shape index (κ3) is 2.37. The first-order valence-electron chi connectivity index (χ1n) is 5.76. The van der Waals surface area contributed by atoms with Crippen LogP contribution in [0.4, 0.5) is 5.69 Å². The van der Waals surface area contributed by atoms with Crippen molar-refractivity contribution >= 4 is 5.69 Å². The van der Waals surface area contributed by atoms with Gasteiger partial charge in [-0.25, -0.2) is 0 Å². The van der Waals surface area contributed by atoms with Crippen LogP contribution in [-0.4, -0.2) is 11.2 Å². The number of aliphatic hydroxyl groups excluding tert-OH is 1. The van der Waals surface area contributed by atoms with E-state index in [1.54, 1.807) is 6.92 Å². The SMILES string of the molecule is C[C@H](O)C#Cc1cc(C2CCC2)ccc1N. The lowest BCUT2D eigenvalue weighted by Gasteiger charge is -2.26. The molecule has 1 aromatic rings. The molecular weight excluding hydrogens is 198 g/mol. The highest BCUT2D eigenvalue weighted by Gasteiger charge is 2.19. The van der Waals surface area contributed by atoms with Gasteiger partial charge in [-0.1, -0.05) is 24.3 Å². The van der Waals surface area contributed by atoms with E-state index in [2.05, 4.69) is 24.0 Å². The summed E-state index contributed by atoms with van der Waals surface area (Å²) in [5.74, 6) is 6.35. The number of rotatable bonds is 1. The lowest BCUT2D eigenvalue weighted by molar-refractivity contribution is 0.253. The largest absolute Gasteiger partial charge is 0.398 e. The normalized spacial score (nSPS) is 17.1. The minimum atomic E-state index is -0.605. The molecule has 3 N–H and O–H groups in total. The molecule has 1 fully saturated rings. The Labute approximate surface area is 96.5 Å².